The van der Waals surface area contributed by atoms with Crippen LogP contribution in [0.2, 0.25) is 0 Å². The fourth-order valence-corrected chi connectivity index (χ4v) is 3.11. The van der Waals surface area contributed by atoms with Gasteiger partial charge in [0.05, 0.1) is 6.07 Å². The van der Waals surface area contributed by atoms with Crippen molar-refractivity contribution in [1.82, 2.24) is 4.98 Å². The lowest BCUT2D eigenvalue weighted by Crippen LogP contribution is -2.10. The molecule has 0 aliphatic rings. The van der Waals surface area contributed by atoms with Crippen LogP contribution in [0.15, 0.2) is 54.2 Å². The highest BCUT2D eigenvalue weighted by Crippen LogP contribution is 2.30. The van der Waals surface area contributed by atoms with Gasteiger partial charge in [-0.15, -0.1) is 11.3 Å². The zero-order valence-corrected chi connectivity index (χ0v) is 11.3. The molecule has 1 unspecified atom stereocenters. The second-order valence-electron chi connectivity index (χ2n) is 4.36. The third-order valence-electron chi connectivity index (χ3n) is 3.16. The lowest BCUT2D eigenvalue weighted by atomic mass is 9.93. The molecule has 0 N–H and O–H groups in total. The fraction of sp³-hybridized carbons (Fsp3) is 0.0625. The number of hydrogen-bond donors (Lipinski definition) is 0. The SMILES string of the molecule is N#CC(C(=O)c1csc2ccccc12)c1cccnc1. The van der Waals surface area contributed by atoms with Crippen LogP contribution < -0.4 is 0 Å². The molecule has 0 aliphatic carbocycles. The molecule has 96 valence electrons. The van der Waals surface area contributed by atoms with Crippen molar-refractivity contribution in [1.29, 1.82) is 5.26 Å². The Balaban J connectivity index is 2.06. The minimum atomic E-state index is -0.804. The van der Waals surface area contributed by atoms with Crippen molar-refractivity contribution in [2.45, 2.75) is 5.92 Å². The number of thiophene rings is 1. The average Bonchev–Trinajstić information content (AvgIpc) is 2.93. The number of fused-ring (bicyclic) bond motifs is 1. The number of hydrogen-bond acceptors (Lipinski definition) is 4. The molecular weight excluding hydrogens is 268 g/mol. The van der Waals surface area contributed by atoms with Gasteiger partial charge in [0.2, 0.25) is 0 Å². The number of carbonyl (C=O) groups excluding carboxylic acids is 1. The zero-order valence-electron chi connectivity index (χ0n) is 10.5. The van der Waals surface area contributed by atoms with Gasteiger partial charge in [0, 0.05) is 33.4 Å². The standard InChI is InChI=1S/C16H10N2OS/c17-8-13(11-4-3-7-18-9-11)16(19)14-10-20-15-6-2-1-5-12(14)15/h1-7,9-10,13H. The predicted octanol–water partition coefficient (Wildman–Crippen LogP) is 3.79. The molecule has 0 saturated carbocycles. The molecular formula is C16H10N2OS. The van der Waals surface area contributed by atoms with Crippen LogP contribution in [-0.2, 0) is 0 Å². The van der Waals surface area contributed by atoms with E-state index in [9.17, 15) is 10.1 Å². The van der Waals surface area contributed by atoms with Crippen LogP contribution in [0.4, 0.5) is 0 Å². The third kappa shape index (κ3) is 2.09. The molecule has 0 amide bonds. The molecule has 4 heteroatoms. The minimum Gasteiger partial charge on any atom is -0.292 e. The van der Waals surface area contributed by atoms with Crippen molar-refractivity contribution in [3.05, 3.63) is 65.3 Å². The van der Waals surface area contributed by atoms with Gasteiger partial charge in [-0.2, -0.15) is 5.26 Å². The topological polar surface area (TPSA) is 53.8 Å². The smallest absolute Gasteiger partial charge is 0.185 e. The summed E-state index contributed by atoms with van der Waals surface area (Å²) in [5.74, 6) is -0.973. The molecule has 0 spiro atoms. The Morgan fingerprint density at radius 3 is 2.85 bits per heavy atom. The number of nitrogens with zero attached hydrogens (tertiary/aromatic N) is 2. The lowest BCUT2D eigenvalue weighted by Gasteiger charge is -2.07. The number of nitriles is 1. The van der Waals surface area contributed by atoms with Gasteiger partial charge in [-0.3, -0.25) is 9.78 Å². The Morgan fingerprint density at radius 1 is 1.25 bits per heavy atom. The van der Waals surface area contributed by atoms with Crippen molar-refractivity contribution >= 4 is 27.2 Å². The number of ketones is 1. The molecule has 1 aromatic carbocycles. The van der Waals surface area contributed by atoms with E-state index < -0.39 is 5.92 Å². The largest absolute Gasteiger partial charge is 0.292 e. The maximum Gasteiger partial charge on any atom is 0.185 e. The van der Waals surface area contributed by atoms with Gasteiger partial charge < -0.3 is 0 Å². The quantitative estimate of drug-likeness (QED) is 0.685. The first kappa shape index (κ1) is 12.5. The molecule has 2 heterocycles. The van der Waals surface area contributed by atoms with Crippen LogP contribution in [0.5, 0.6) is 0 Å². The van der Waals surface area contributed by atoms with Gasteiger partial charge in [0.1, 0.15) is 5.92 Å². The van der Waals surface area contributed by atoms with Crippen molar-refractivity contribution in [3.63, 3.8) is 0 Å². The second-order valence-corrected chi connectivity index (χ2v) is 5.27. The molecule has 3 aromatic rings. The van der Waals surface area contributed by atoms with Crippen LogP contribution >= 0.6 is 11.3 Å². The van der Waals surface area contributed by atoms with Crippen LogP contribution in [0.1, 0.15) is 21.8 Å². The zero-order chi connectivity index (χ0) is 13.9. The highest BCUT2D eigenvalue weighted by atomic mass is 32.1. The summed E-state index contributed by atoms with van der Waals surface area (Å²) in [6.07, 6.45) is 3.20. The molecule has 2 aromatic heterocycles. The fourth-order valence-electron chi connectivity index (χ4n) is 2.16. The molecule has 0 saturated heterocycles. The van der Waals surface area contributed by atoms with Crippen LogP contribution in [0, 0.1) is 11.3 Å². The summed E-state index contributed by atoms with van der Waals surface area (Å²) in [7, 11) is 0. The molecule has 0 fully saturated rings. The Morgan fingerprint density at radius 2 is 2.10 bits per heavy atom. The Labute approximate surface area is 120 Å². The first-order valence-electron chi connectivity index (χ1n) is 6.11. The highest BCUT2D eigenvalue weighted by molar-refractivity contribution is 7.17. The van der Waals surface area contributed by atoms with Crippen molar-refractivity contribution in [2.24, 2.45) is 0 Å². The van der Waals surface area contributed by atoms with E-state index in [1.54, 1.807) is 24.5 Å². The number of benzene rings is 1. The number of carbonyl (C=O) groups is 1. The Hall–Kier alpha value is -2.51. The number of Topliss-reactive ketones (excluding diaryl/α,β-unsaturated/α-hetero) is 1. The van der Waals surface area contributed by atoms with Gasteiger partial charge in [-0.05, 0) is 17.7 Å². The van der Waals surface area contributed by atoms with Crippen LogP contribution in [0.25, 0.3) is 10.1 Å². The number of aromatic nitrogens is 1. The summed E-state index contributed by atoms with van der Waals surface area (Å²) in [6.45, 7) is 0. The van der Waals surface area contributed by atoms with Gasteiger partial charge >= 0.3 is 0 Å². The molecule has 0 radical (unpaired) electrons. The first-order chi connectivity index (χ1) is 9.81. The average molecular weight is 278 g/mol. The van der Waals surface area contributed by atoms with Gasteiger partial charge in [-0.1, -0.05) is 24.3 Å². The Bertz CT molecular complexity index is 802. The third-order valence-corrected chi connectivity index (χ3v) is 4.12. The van der Waals surface area contributed by atoms with Crippen LogP contribution in [0.3, 0.4) is 0 Å². The van der Waals surface area contributed by atoms with Crippen molar-refractivity contribution in [2.75, 3.05) is 0 Å². The highest BCUT2D eigenvalue weighted by Gasteiger charge is 2.24. The van der Waals surface area contributed by atoms with Crippen molar-refractivity contribution < 1.29 is 4.79 Å². The van der Waals surface area contributed by atoms with Crippen molar-refractivity contribution in [3.8, 4) is 6.07 Å². The van der Waals surface area contributed by atoms with E-state index in [4.69, 9.17) is 0 Å². The van der Waals surface area contributed by atoms with E-state index in [2.05, 4.69) is 11.1 Å². The molecule has 3 rings (SSSR count). The molecule has 1 atom stereocenters. The summed E-state index contributed by atoms with van der Waals surface area (Å²) in [5, 5.41) is 12.1. The second kappa shape index (κ2) is 5.24. The normalized spacial score (nSPS) is 11.9. The van der Waals surface area contributed by atoms with Gasteiger partial charge in [0.15, 0.2) is 5.78 Å². The van der Waals surface area contributed by atoms with E-state index in [-0.39, 0.29) is 5.78 Å². The van der Waals surface area contributed by atoms with Gasteiger partial charge in [-0.25, -0.2) is 0 Å². The maximum atomic E-state index is 12.6. The predicted molar refractivity (Wildman–Crippen MR) is 78.7 cm³/mol. The molecule has 0 aliphatic heterocycles. The molecule has 20 heavy (non-hydrogen) atoms. The lowest BCUT2D eigenvalue weighted by molar-refractivity contribution is 0.0980. The summed E-state index contributed by atoms with van der Waals surface area (Å²) >= 11 is 1.52. The minimum absolute atomic E-state index is 0.169. The van der Waals surface area contributed by atoms with E-state index in [0.29, 0.717) is 11.1 Å². The maximum absolute atomic E-state index is 12.6. The van der Waals surface area contributed by atoms with E-state index >= 15 is 0 Å². The van der Waals surface area contributed by atoms with E-state index in [1.165, 1.54) is 11.3 Å². The Kier molecular flexibility index (Phi) is 3.28. The van der Waals surface area contributed by atoms with Gasteiger partial charge in [0.25, 0.3) is 0 Å². The summed E-state index contributed by atoms with van der Waals surface area (Å²) < 4.78 is 1.05. The number of rotatable bonds is 3. The number of pyridine rings is 1. The summed E-state index contributed by atoms with van der Waals surface area (Å²) in [4.78, 5) is 16.6. The molecule has 0 bridgehead atoms. The first-order valence-corrected chi connectivity index (χ1v) is 6.99. The molecule has 3 nitrogen and oxygen atoms in total. The van der Waals surface area contributed by atoms with Crippen LogP contribution in [-0.4, -0.2) is 10.8 Å². The van der Waals surface area contributed by atoms with E-state index in [1.807, 2.05) is 29.6 Å². The monoisotopic (exact) mass is 278 g/mol. The summed E-state index contributed by atoms with van der Waals surface area (Å²) in [5.41, 5.74) is 1.25. The van der Waals surface area contributed by atoms with E-state index in [0.717, 1.165) is 10.1 Å². The summed E-state index contributed by atoms with van der Waals surface area (Å²) in [6, 6.07) is 13.3.